The molecule has 3 aromatic rings. The lowest BCUT2D eigenvalue weighted by molar-refractivity contribution is -0.131. The lowest BCUT2D eigenvalue weighted by Crippen LogP contribution is -2.31. The number of carbonyl (C=O) groups excluding carboxylic acids is 1. The van der Waals surface area contributed by atoms with Gasteiger partial charge in [0.1, 0.15) is 5.82 Å². The van der Waals surface area contributed by atoms with Crippen molar-refractivity contribution in [3.05, 3.63) is 76.3 Å². The number of rotatable bonds is 7. The highest BCUT2D eigenvalue weighted by molar-refractivity contribution is 5.78. The molecule has 0 saturated heterocycles. The Balaban J connectivity index is 1.69. The molecule has 5 heteroatoms. The number of benzene rings is 2. The van der Waals surface area contributed by atoms with Gasteiger partial charge < -0.3 is 9.88 Å². The van der Waals surface area contributed by atoms with Gasteiger partial charge in [0.25, 0.3) is 5.56 Å². The molecule has 0 atom stereocenters. The monoisotopic (exact) mass is 349 g/mol. The van der Waals surface area contributed by atoms with Gasteiger partial charge in [-0.3, -0.25) is 9.59 Å². The SMILES string of the molecule is CCCN(Cc1ccccc1)C(=O)CCc1nc2ccccc2c(=O)[nH]1. The maximum atomic E-state index is 12.7. The highest BCUT2D eigenvalue weighted by Gasteiger charge is 2.14. The van der Waals surface area contributed by atoms with Gasteiger partial charge in [-0.15, -0.1) is 0 Å². The number of carbonyl (C=O) groups is 1. The number of nitrogens with zero attached hydrogens (tertiary/aromatic N) is 2. The molecule has 0 aliphatic heterocycles. The lowest BCUT2D eigenvalue weighted by atomic mass is 10.2. The zero-order valence-electron chi connectivity index (χ0n) is 14.9. The summed E-state index contributed by atoms with van der Waals surface area (Å²) in [5.74, 6) is 0.629. The molecular weight excluding hydrogens is 326 g/mol. The average Bonchev–Trinajstić information content (AvgIpc) is 2.67. The summed E-state index contributed by atoms with van der Waals surface area (Å²) in [5, 5.41) is 0.569. The van der Waals surface area contributed by atoms with Crippen LogP contribution in [0.15, 0.2) is 59.4 Å². The quantitative estimate of drug-likeness (QED) is 0.712. The minimum atomic E-state index is -0.159. The molecule has 1 amide bonds. The van der Waals surface area contributed by atoms with Crippen molar-refractivity contribution in [3.8, 4) is 0 Å². The Kier molecular flexibility index (Phi) is 5.79. The Morgan fingerprint density at radius 1 is 1.08 bits per heavy atom. The number of aromatic nitrogens is 2. The number of hydrogen-bond acceptors (Lipinski definition) is 3. The number of fused-ring (bicyclic) bond motifs is 1. The number of amides is 1. The van der Waals surface area contributed by atoms with Gasteiger partial charge in [-0.1, -0.05) is 49.4 Å². The van der Waals surface area contributed by atoms with Crippen LogP contribution in [0.25, 0.3) is 10.9 Å². The van der Waals surface area contributed by atoms with Gasteiger partial charge in [-0.2, -0.15) is 0 Å². The van der Waals surface area contributed by atoms with Crippen LogP contribution >= 0.6 is 0 Å². The van der Waals surface area contributed by atoms with E-state index in [1.807, 2.05) is 53.4 Å². The summed E-state index contributed by atoms with van der Waals surface area (Å²) >= 11 is 0. The maximum absolute atomic E-state index is 12.7. The Labute approximate surface area is 152 Å². The van der Waals surface area contributed by atoms with Crippen LogP contribution in [0.3, 0.4) is 0 Å². The Morgan fingerprint density at radius 3 is 2.58 bits per heavy atom. The first-order chi connectivity index (χ1) is 12.7. The lowest BCUT2D eigenvalue weighted by Gasteiger charge is -2.22. The predicted octanol–water partition coefficient (Wildman–Crippen LogP) is 3.29. The zero-order valence-corrected chi connectivity index (χ0v) is 14.9. The fourth-order valence-electron chi connectivity index (χ4n) is 3.00. The van der Waals surface area contributed by atoms with Crippen molar-refractivity contribution in [2.75, 3.05) is 6.54 Å². The summed E-state index contributed by atoms with van der Waals surface area (Å²) in [7, 11) is 0. The van der Waals surface area contributed by atoms with Crippen molar-refractivity contribution >= 4 is 16.8 Å². The van der Waals surface area contributed by atoms with Crippen molar-refractivity contribution < 1.29 is 4.79 Å². The second-order valence-corrected chi connectivity index (χ2v) is 6.33. The van der Waals surface area contributed by atoms with Crippen LogP contribution in [0, 0.1) is 0 Å². The molecule has 1 N–H and O–H groups in total. The fourth-order valence-corrected chi connectivity index (χ4v) is 3.00. The van der Waals surface area contributed by atoms with Gasteiger partial charge >= 0.3 is 0 Å². The van der Waals surface area contributed by atoms with E-state index in [0.29, 0.717) is 36.1 Å². The molecule has 1 aromatic heterocycles. The van der Waals surface area contributed by atoms with Crippen LogP contribution in [-0.4, -0.2) is 27.3 Å². The van der Waals surface area contributed by atoms with Crippen molar-refractivity contribution in [1.29, 1.82) is 0 Å². The summed E-state index contributed by atoms with van der Waals surface area (Å²) in [6.07, 6.45) is 1.66. The third-order valence-electron chi connectivity index (χ3n) is 4.30. The Bertz CT molecular complexity index is 935. The van der Waals surface area contributed by atoms with E-state index in [4.69, 9.17) is 0 Å². The molecule has 0 radical (unpaired) electrons. The summed E-state index contributed by atoms with van der Waals surface area (Å²) in [6, 6.07) is 17.2. The second kappa shape index (κ2) is 8.43. The highest BCUT2D eigenvalue weighted by Crippen LogP contribution is 2.10. The molecule has 0 spiro atoms. The molecule has 0 aliphatic carbocycles. The van der Waals surface area contributed by atoms with Crippen LogP contribution in [0.1, 0.15) is 31.2 Å². The van der Waals surface area contributed by atoms with Gasteiger partial charge in [0.2, 0.25) is 5.91 Å². The first-order valence-corrected chi connectivity index (χ1v) is 8.97. The molecule has 134 valence electrons. The van der Waals surface area contributed by atoms with E-state index in [1.165, 1.54) is 0 Å². The van der Waals surface area contributed by atoms with Crippen molar-refractivity contribution in [2.45, 2.75) is 32.7 Å². The Hall–Kier alpha value is -2.95. The molecule has 0 aliphatic rings. The smallest absolute Gasteiger partial charge is 0.258 e. The van der Waals surface area contributed by atoms with Gasteiger partial charge in [0.15, 0.2) is 0 Å². The molecule has 3 rings (SSSR count). The van der Waals surface area contributed by atoms with Crippen molar-refractivity contribution in [2.24, 2.45) is 0 Å². The summed E-state index contributed by atoms with van der Waals surface area (Å²) in [4.78, 5) is 33.9. The summed E-state index contributed by atoms with van der Waals surface area (Å²) < 4.78 is 0. The van der Waals surface area contributed by atoms with Gasteiger partial charge in [0.05, 0.1) is 10.9 Å². The van der Waals surface area contributed by atoms with Crippen LogP contribution in [0.4, 0.5) is 0 Å². The zero-order chi connectivity index (χ0) is 18.4. The molecule has 1 heterocycles. The van der Waals surface area contributed by atoms with E-state index < -0.39 is 0 Å². The van der Waals surface area contributed by atoms with Crippen LogP contribution in [-0.2, 0) is 17.8 Å². The molecule has 2 aromatic carbocycles. The highest BCUT2D eigenvalue weighted by atomic mass is 16.2. The van der Waals surface area contributed by atoms with Crippen molar-refractivity contribution in [1.82, 2.24) is 14.9 Å². The number of para-hydroxylation sites is 1. The van der Waals surface area contributed by atoms with Gasteiger partial charge in [-0.25, -0.2) is 4.98 Å². The predicted molar refractivity (Wildman–Crippen MR) is 103 cm³/mol. The van der Waals surface area contributed by atoms with Crippen molar-refractivity contribution in [3.63, 3.8) is 0 Å². The topological polar surface area (TPSA) is 66.1 Å². The third kappa shape index (κ3) is 4.36. The normalized spacial score (nSPS) is 10.8. The van der Waals surface area contributed by atoms with E-state index >= 15 is 0 Å². The maximum Gasteiger partial charge on any atom is 0.258 e. The van der Waals surface area contributed by atoms with E-state index in [2.05, 4.69) is 16.9 Å². The number of H-pyrrole nitrogens is 1. The Morgan fingerprint density at radius 2 is 1.81 bits per heavy atom. The minimum Gasteiger partial charge on any atom is -0.338 e. The molecular formula is C21H23N3O2. The molecule has 0 unspecified atom stereocenters. The molecule has 0 bridgehead atoms. The van der Waals surface area contributed by atoms with Crippen LogP contribution in [0.5, 0.6) is 0 Å². The van der Waals surface area contributed by atoms with Gasteiger partial charge in [0, 0.05) is 25.9 Å². The molecule has 0 saturated carbocycles. The fraction of sp³-hybridized carbons (Fsp3) is 0.286. The molecule has 5 nitrogen and oxygen atoms in total. The van der Waals surface area contributed by atoms with Crippen LogP contribution in [0.2, 0.25) is 0 Å². The van der Waals surface area contributed by atoms with E-state index in [1.54, 1.807) is 6.07 Å². The first-order valence-electron chi connectivity index (χ1n) is 8.97. The molecule has 26 heavy (non-hydrogen) atoms. The number of aryl methyl sites for hydroxylation is 1. The third-order valence-corrected chi connectivity index (χ3v) is 4.30. The number of aromatic amines is 1. The summed E-state index contributed by atoms with van der Waals surface area (Å²) in [6.45, 7) is 3.39. The van der Waals surface area contributed by atoms with E-state index in [-0.39, 0.29) is 11.5 Å². The van der Waals surface area contributed by atoms with E-state index in [9.17, 15) is 9.59 Å². The second-order valence-electron chi connectivity index (χ2n) is 6.33. The largest absolute Gasteiger partial charge is 0.338 e. The molecule has 0 fully saturated rings. The minimum absolute atomic E-state index is 0.0755. The van der Waals surface area contributed by atoms with Gasteiger partial charge in [-0.05, 0) is 24.1 Å². The number of hydrogen-bond donors (Lipinski definition) is 1. The standard InChI is InChI=1S/C21H23N3O2/c1-2-14-24(15-16-8-4-3-5-9-16)20(25)13-12-19-22-18-11-7-6-10-17(18)21(26)23-19/h3-11H,2,12-15H2,1H3,(H,22,23,26). The number of nitrogens with one attached hydrogen (secondary N) is 1. The van der Waals surface area contributed by atoms with Crippen LogP contribution < -0.4 is 5.56 Å². The average molecular weight is 349 g/mol. The first kappa shape index (κ1) is 17.9. The summed E-state index contributed by atoms with van der Waals surface area (Å²) in [5.41, 5.74) is 1.62. The van der Waals surface area contributed by atoms with E-state index in [0.717, 1.165) is 18.5 Å².